The van der Waals surface area contributed by atoms with Gasteiger partial charge >= 0.3 is 0 Å². The van der Waals surface area contributed by atoms with Crippen molar-refractivity contribution >= 4 is 0 Å². The van der Waals surface area contributed by atoms with Crippen LogP contribution in [0.3, 0.4) is 0 Å². The molecule has 0 amide bonds. The summed E-state index contributed by atoms with van der Waals surface area (Å²) in [4.78, 5) is 0. The average molecular weight is 282 g/mol. The lowest BCUT2D eigenvalue weighted by Gasteiger charge is -2.25. The molecule has 1 heterocycles. The number of aromatic nitrogens is 2. The maximum absolute atomic E-state index is 4.48. The molecule has 1 aromatic heterocycles. The molecule has 2 nitrogen and oxygen atoms in total. The van der Waals surface area contributed by atoms with Crippen molar-refractivity contribution in [3.05, 3.63) is 58.4 Å². The number of benzene rings is 1. The SMILES string of the molecule is Cc1ccc(C(C)(C)Cc2nnc(C(C)C)cc2C)cc1. The van der Waals surface area contributed by atoms with Gasteiger partial charge in [0.05, 0.1) is 11.4 Å². The second-order valence-electron chi connectivity index (χ2n) is 6.98. The largest absolute Gasteiger partial charge is 0.155 e. The lowest BCUT2D eigenvalue weighted by Crippen LogP contribution is -2.22. The van der Waals surface area contributed by atoms with Crippen LogP contribution in [0.5, 0.6) is 0 Å². The lowest BCUT2D eigenvalue weighted by atomic mass is 9.79. The highest BCUT2D eigenvalue weighted by Gasteiger charge is 2.23. The molecule has 0 unspecified atom stereocenters. The van der Waals surface area contributed by atoms with Gasteiger partial charge in [0.15, 0.2) is 0 Å². The fraction of sp³-hybridized carbons (Fsp3) is 0.474. The van der Waals surface area contributed by atoms with Crippen molar-refractivity contribution in [2.75, 3.05) is 0 Å². The van der Waals surface area contributed by atoms with Crippen molar-refractivity contribution < 1.29 is 0 Å². The minimum absolute atomic E-state index is 0.0620. The van der Waals surface area contributed by atoms with E-state index in [0.29, 0.717) is 5.92 Å². The molecule has 0 atom stereocenters. The van der Waals surface area contributed by atoms with Gasteiger partial charge in [0.1, 0.15) is 0 Å². The van der Waals surface area contributed by atoms with Crippen LogP contribution in [0.4, 0.5) is 0 Å². The molecular formula is C19H26N2. The van der Waals surface area contributed by atoms with Gasteiger partial charge < -0.3 is 0 Å². The third-order valence-electron chi connectivity index (χ3n) is 4.14. The van der Waals surface area contributed by atoms with Crippen molar-refractivity contribution in [1.29, 1.82) is 0 Å². The molecular weight excluding hydrogens is 256 g/mol. The molecule has 0 bridgehead atoms. The van der Waals surface area contributed by atoms with Crippen LogP contribution in [0.15, 0.2) is 30.3 Å². The first-order chi connectivity index (χ1) is 9.79. The van der Waals surface area contributed by atoms with Crippen molar-refractivity contribution in [3.63, 3.8) is 0 Å². The molecule has 0 aliphatic rings. The molecule has 0 aliphatic heterocycles. The summed E-state index contributed by atoms with van der Waals surface area (Å²) in [7, 11) is 0. The first-order valence-electron chi connectivity index (χ1n) is 7.70. The molecule has 0 spiro atoms. The smallest absolute Gasteiger partial charge is 0.0669 e. The molecule has 0 N–H and O–H groups in total. The van der Waals surface area contributed by atoms with E-state index in [-0.39, 0.29) is 5.41 Å². The van der Waals surface area contributed by atoms with Crippen molar-refractivity contribution in [1.82, 2.24) is 10.2 Å². The summed E-state index contributed by atoms with van der Waals surface area (Å²) in [6.07, 6.45) is 0.910. The van der Waals surface area contributed by atoms with Crippen LogP contribution < -0.4 is 0 Å². The summed E-state index contributed by atoms with van der Waals surface area (Å²) < 4.78 is 0. The predicted molar refractivity (Wildman–Crippen MR) is 88.8 cm³/mol. The Morgan fingerprint density at radius 2 is 1.62 bits per heavy atom. The van der Waals surface area contributed by atoms with Gasteiger partial charge in [0.25, 0.3) is 0 Å². The minimum atomic E-state index is 0.0620. The van der Waals surface area contributed by atoms with E-state index in [0.717, 1.165) is 17.8 Å². The minimum Gasteiger partial charge on any atom is -0.155 e. The van der Waals surface area contributed by atoms with Crippen LogP contribution in [-0.4, -0.2) is 10.2 Å². The maximum atomic E-state index is 4.48. The van der Waals surface area contributed by atoms with Crippen LogP contribution in [-0.2, 0) is 11.8 Å². The fourth-order valence-electron chi connectivity index (χ4n) is 2.51. The van der Waals surface area contributed by atoms with E-state index < -0.39 is 0 Å². The molecule has 0 saturated carbocycles. The van der Waals surface area contributed by atoms with E-state index in [1.54, 1.807) is 0 Å². The number of aryl methyl sites for hydroxylation is 2. The zero-order chi connectivity index (χ0) is 15.6. The summed E-state index contributed by atoms with van der Waals surface area (Å²) in [5, 5.41) is 8.86. The summed E-state index contributed by atoms with van der Waals surface area (Å²) >= 11 is 0. The normalized spacial score (nSPS) is 12.0. The Morgan fingerprint density at radius 3 is 2.14 bits per heavy atom. The van der Waals surface area contributed by atoms with Crippen molar-refractivity contribution in [2.24, 2.45) is 0 Å². The molecule has 1 aromatic carbocycles. The summed E-state index contributed by atoms with van der Waals surface area (Å²) in [5.74, 6) is 0.426. The Balaban J connectivity index is 2.26. The van der Waals surface area contributed by atoms with Crippen LogP contribution in [0, 0.1) is 13.8 Å². The fourth-order valence-corrected chi connectivity index (χ4v) is 2.51. The summed E-state index contributed by atoms with van der Waals surface area (Å²) in [6, 6.07) is 11.0. The molecule has 0 radical (unpaired) electrons. The monoisotopic (exact) mass is 282 g/mol. The van der Waals surface area contributed by atoms with Crippen molar-refractivity contribution in [3.8, 4) is 0 Å². The third kappa shape index (κ3) is 3.69. The molecule has 0 fully saturated rings. The van der Waals surface area contributed by atoms with E-state index >= 15 is 0 Å². The highest BCUT2D eigenvalue weighted by Crippen LogP contribution is 2.28. The number of hydrogen-bond acceptors (Lipinski definition) is 2. The van der Waals surface area contributed by atoms with Gasteiger partial charge in [-0.3, -0.25) is 0 Å². The third-order valence-corrected chi connectivity index (χ3v) is 4.14. The van der Waals surface area contributed by atoms with Gasteiger partial charge in [0.2, 0.25) is 0 Å². The van der Waals surface area contributed by atoms with Gasteiger partial charge in [0, 0.05) is 6.42 Å². The summed E-state index contributed by atoms with van der Waals surface area (Å²) in [5.41, 5.74) is 6.13. The Labute approximate surface area is 128 Å². The molecule has 0 saturated heterocycles. The zero-order valence-corrected chi connectivity index (χ0v) is 14.1. The number of nitrogens with zero attached hydrogens (tertiary/aromatic N) is 2. The second-order valence-corrected chi connectivity index (χ2v) is 6.98. The maximum Gasteiger partial charge on any atom is 0.0669 e. The van der Waals surface area contributed by atoms with E-state index in [1.165, 1.54) is 16.7 Å². The molecule has 2 heteroatoms. The molecule has 2 rings (SSSR count). The lowest BCUT2D eigenvalue weighted by molar-refractivity contribution is 0.509. The highest BCUT2D eigenvalue weighted by atomic mass is 15.1. The van der Waals surface area contributed by atoms with Crippen LogP contribution in [0.25, 0.3) is 0 Å². The highest BCUT2D eigenvalue weighted by molar-refractivity contribution is 5.31. The van der Waals surface area contributed by atoms with Gasteiger partial charge in [-0.25, -0.2) is 0 Å². The van der Waals surface area contributed by atoms with E-state index in [9.17, 15) is 0 Å². The van der Waals surface area contributed by atoms with Crippen molar-refractivity contribution in [2.45, 2.75) is 59.3 Å². The van der Waals surface area contributed by atoms with Gasteiger partial charge in [-0.1, -0.05) is 57.5 Å². The van der Waals surface area contributed by atoms with E-state index in [1.807, 2.05) is 0 Å². The average Bonchev–Trinajstić information content (AvgIpc) is 2.41. The molecule has 21 heavy (non-hydrogen) atoms. The van der Waals surface area contributed by atoms with Gasteiger partial charge in [-0.15, -0.1) is 0 Å². The van der Waals surface area contributed by atoms with Crippen LogP contribution >= 0.6 is 0 Å². The first-order valence-corrected chi connectivity index (χ1v) is 7.70. The van der Waals surface area contributed by atoms with E-state index in [2.05, 4.69) is 82.1 Å². The van der Waals surface area contributed by atoms with Gasteiger partial charge in [-0.2, -0.15) is 10.2 Å². The number of rotatable bonds is 4. The standard InChI is InChI=1S/C19H26N2/c1-13(2)17-11-15(4)18(21-20-17)12-19(5,6)16-9-7-14(3)8-10-16/h7-11,13H,12H2,1-6H3. The van der Waals surface area contributed by atoms with E-state index in [4.69, 9.17) is 0 Å². The molecule has 2 aromatic rings. The molecule has 0 aliphatic carbocycles. The second kappa shape index (κ2) is 5.97. The molecule has 112 valence electrons. The number of hydrogen-bond donors (Lipinski definition) is 0. The Bertz CT molecular complexity index is 610. The Hall–Kier alpha value is -1.70. The Morgan fingerprint density at radius 1 is 1.00 bits per heavy atom. The zero-order valence-electron chi connectivity index (χ0n) is 14.1. The van der Waals surface area contributed by atoms with Crippen LogP contribution in [0.1, 0.15) is 61.7 Å². The summed E-state index contributed by atoms with van der Waals surface area (Å²) in [6.45, 7) is 13.1. The topological polar surface area (TPSA) is 25.8 Å². The first kappa shape index (κ1) is 15.7. The Kier molecular flexibility index (Phi) is 4.46. The van der Waals surface area contributed by atoms with Gasteiger partial charge in [-0.05, 0) is 42.4 Å². The quantitative estimate of drug-likeness (QED) is 0.809. The predicted octanol–water partition coefficient (Wildman–Crippen LogP) is 4.74. The van der Waals surface area contributed by atoms with Crippen LogP contribution in [0.2, 0.25) is 0 Å².